The van der Waals surface area contributed by atoms with Gasteiger partial charge in [0.25, 0.3) is 0 Å². The molecule has 0 aliphatic carbocycles. The molecule has 1 N–H and O–H groups in total. The van der Waals surface area contributed by atoms with Crippen LogP contribution in [0.2, 0.25) is 10.0 Å². The molecule has 0 unspecified atom stereocenters. The van der Waals surface area contributed by atoms with Gasteiger partial charge in [0.05, 0.1) is 28.6 Å². The van der Waals surface area contributed by atoms with E-state index in [9.17, 15) is 17.3 Å². The predicted molar refractivity (Wildman–Crippen MR) is 119 cm³/mol. The van der Waals surface area contributed by atoms with Crippen molar-refractivity contribution in [3.63, 3.8) is 0 Å². The van der Waals surface area contributed by atoms with Crippen LogP contribution in [0.1, 0.15) is 0 Å². The third-order valence-corrected chi connectivity index (χ3v) is 4.98. The fraction of sp³-hybridized carbons (Fsp3) is 0.0455. The third kappa shape index (κ3) is 6.51. The Morgan fingerprint density at radius 3 is 2.12 bits per heavy atom. The zero-order valence-electron chi connectivity index (χ0n) is 16.6. The molecule has 0 atom stereocenters. The Kier molecular flexibility index (Phi) is 7.48. The average molecular weight is 484 g/mol. The molecule has 3 aromatic carbocycles. The molecule has 0 aliphatic rings. The molecule has 0 saturated carbocycles. The number of fused-ring (bicyclic) bond motifs is 1. The van der Waals surface area contributed by atoms with E-state index in [1.165, 1.54) is 0 Å². The first kappa shape index (κ1) is 23.7. The fourth-order valence-corrected chi connectivity index (χ4v) is 3.16. The smallest absolute Gasteiger partial charge is 0.497 e. The van der Waals surface area contributed by atoms with Gasteiger partial charge in [-0.05, 0) is 42.5 Å². The van der Waals surface area contributed by atoms with E-state index >= 15 is 0 Å². The zero-order chi connectivity index (χ0) is 23.3. The van der Waals surface area contributed by atoms with Crippen LogP contribution in [0.4, 0.5) is 23.0 Å². The molecule has 4 rings (SSSR count). The number of para-hydroxylation sites is 1. The molecule has 0 bridgehead atoms. The maximum Gasteiger partial charge on any atom is 0.673 e. The van der Waals surface area contributed by atoms with Crippen LogP contribution in [0.5, 0.6) is 5.75 Å². The second-order valence-electron chi connectivity index (χ2n) is 6.50. The van der Waals surface area contributed by atoms with Crippen LogP contribution in [0.25, 0.3) is 22.3 Å². The number of nitrogens with one attached hydrogen (secondary N) is 1. The summed E-state index contributed by atoms with van der Waals surface area (Å²) in [5.41, 5.74) is 2.59. The van der Waals surface area contributed by atoms with E-state index < -0.39 is 7.25 Å². The molecular formula is C22H16BCl2F4NO2. The summed E-state index contributed by atoms with van der Waals surface area (Å²) < 4.78 is 50.3. The SMILES string of the molecule is COc1ccc(-c2cc(=[NH+]c3ccc(Cl)c(Cl)c3)c3ccccc3o2)cc1.F[B-](F)(F)F. The topological polar surface area (TPSA) is 36.3 Å². The fourth-order valence-electron chi connectivity index (χ4n) is 2.87. The van der Waals surface area contributed by atoms with Crippen molar-refractivity contribution in [2.24, 2.45) is 0 Å². The number of ether oxygens (including phenoxy) is 1. The van der Waals surface area contributed by atoms with Gasteiger partial charge in [-0.1, -0.05) is 35.3 Å². The number of halogens is 6. The molecule has 1 heterocycles. The van der Waals surface area contributed by atoms with Crippen LogP contribution < -0.4 is 15.1 Å². The molecule has 0 fully saturated rings. The Balaban J connectivity index is 0.000000523. The number of benzene rings is 3. The van der Waals surface area contributed by atoms with Crippen LogP contribution in [0.3, 0.4) is 0 Å². The predicted octanol–water partition coefficient (Wildman–Crippen LogP) is 6.03. The summed E-state index contributed by atoms with van der Waals surface area (Å²) in [5, 5.41) is 2.91. The quantitative estimate of drug-likeness (QED) is 0.285. The van der Waals surface area contributed by atoms with Crippen molar-refractivity contribution in [3.05, 3.63) is 88.2 Å². The van der Waals surface area contributed by atoms with Crippen LogP contribution in [-0.4, -0.2) is 14.4 Å². The molecule has 4 aromatic rings. The minimum atomic E-state index is -6.00. The lowest BCUT2D eigenvalue weighted by Crippen LogP contribution is -2.70. The minimum Gasteiger partial charge on any atom is -0.497 e. The number of hydrogen-bond acceptors (Lipinski definition) is 2. The Bertz CT molecular complexity index is 1290. The molecular weight excluding hydrogens is 468 g/mol. The second kappa shape index (κ2) is 10.1. The van der Waals surface area contributed by atoms with Crippen LogP contribution in [0.15, 0.2) is 77.2 Å². The summed E-state index contributed by atoms with van der Waals surface area (Å²) in [5.74, 6) is 1.55. The van der Waals surface area contributed by atoms with Gasteiger partial charge >= 0.3 is 7.25 Å². The summed E-state index contributed by atoms with van der Waals surface area (Å²) in [6.07, 6.45) is 0. The van der Waals surface area contributed by atoms with Crippen molar-refractivity contribution in [2.75, 3.05) is 7.11 Å². The van der Waals surface area contributed by atoms with Crippen LogP contribution in [-0.2, 0) is 0 Å². The molecule has 32 heavy (non-hydrogen) atoms. The summed E-state index contributed by atoms with van der Waals surface area (Å²) in [4.78, 5) is 3.42. The van der Waals surface area contributed by atoms with Crippen LogP contribution in [0, 0.1) is 0 Å². The van der Waals surface area contributed by atoms with E-state index in [0.717, 1.165) is 39.1 Å². The van der Waals surface area contributed by atoms with Gasteiger partial charge < -0.3 is 26.4 Å². The van der Waals surface area contributed by atoms with E-state index in [4.69, 9.17) is 32.4 Å². The molecule has 166 valence electrons. The van der Waals surface area contributed by atoms with Gasteiger partial charge in [-0.3, -0.25) is 0 Å². The normalized spacial score (nSPS) is 11.8. The largest absolute Gasteiger partial charge is 0.673 e. The summed E-state index contributed by atoms with van der Waals surface area (Å²) in [6.45, 7) is 0. The van der Waals surface area contributed by atoms with E-state index in [1.807, 2.05) is 60.7 Å². The standard InChI is InChI=1S/C22H15Cl2NO2.BF4/c1-26-16-9-6-14(7-10-16)22-13-20(17-4-2-3-5-21(17)27-22)25-15-8-11-18(23)19(24)12-15;2-1(3,4)5/h2-13H,1H3;/q;-1/p+1. The van der Waals surface area contributed by atoms with Crippen molar-refractivity contribution in [3.8, 4) is 17.1 Å². The van der Waals surface area contributed by atoms with E-state index in [2.05, 4.69) is 4.99 Å². The number of hydrogen-bond donors (Lipinski definition) is 1. The first-order chi connectivity index (χ1) is 15.1. The van der Waals surface area contributed by atoms with E-state index in [0.29, 0.717) is 10.0 Å². The number of rotatable bonds is 3. The monoisotopic (exact) mass is 483 g/mol. The average Bonchev–Trinajstić information content (AvgIpc) is 2.75. The molecule has 0 aliphatic heterocycles. The molecule has 3 nitrogen and oxygen atoms in total. The lowest BCUT2D eigenvalue weighted by Gasteiger charge is -2.04. The van der Waals surface area contributed by atoms with Crippen molar-refractivity contribution in [2.45, 2.75) is 0 Å². The Morgan fingerprint density at radius 2 is 1.50 bits per heavy atom. The van der Waals surface area contributed by atoms with Gasteiger partial charge in [0.1, 0.15) is 17.1 Å². The highest BCUT2D eigenvalue weighted by Gasteiger charge is 2.20. The lowest BCUT2D eigenvalue weighted by molar-refractivity contribution is -0.400. The Labute approximate surface area is 191 Å². The molecule has 0 saturated heterocycles. The highest BCUT2D eigenvalue weighted by Crippen LogP contribution is 2.25. The van der Waals surface area contributed by atoms with E-state index in [-0.39, 0.29) is 0 Å². The van der Waals surface area contributed by atoms with Gasteiger partial charge in [0, 0.05) is 17.7 Å². The lowest BCUT2D eigenvalue weighted by atomic mass is 10.1. The molecule has 0 amide bonds. The maximum atomic E-state index is 9.75. The van der Waals surface area contributed by atoms with Crippen molar-refractivity contribution >= 4 is 47.1 Å². The summed E-state index contributed by atoms with van der Waals surface area (Å²) in [6, 6.07) is 23.1. The Morgan fingerprint density at radius 1 is 0.844 bits per heavy atom. The van der Waals surface area contributed by atoms with Crippen LogP contribution >= 0.6 is 23.2 Å². The van der Waals surface area contributed by atoms with Gasteiger partial charge in [-0.2, -0.15) is 0 Å². The van der Waals surface area contributed by atoms with Crippen molar-refractivity contribution in [1.29, 1.82) is 0 Å². The maximum absolute atomic E-state index is 9.75. The Hall–Kier alpha value is -2.97. The van der Waals surface area contributed by atoms with Gasteiger partial charge in [0.2, 0.25) is 11.0 Å². The van der Waals surface area contributed by atoms with Gasteiger partial charge in [-0.15, -0.1) is 0 Å². The molecule has 0 spiro atoms. The number of methoxy groups -OCH3 is 1. The van der Waals surface area contributed by atoms with Crippen molar-refractivity contribution in [1.82, 2.24) is 0 Å². The first-order valence-corrected chi connectivity index (χ1v) is 9.99. The van der Waals surface area contributed by atoms with E-state index in [1.54, 1.807) is 19.2 Å². The minimum absolute atomic E-state index is 0.502. The van der Waals surface area contributed by atoms with Gasteiger partial charge in [-0.25, -0.2) is 4.99 Å². The highest BCUT2D eigenvalue weighted by atomic mass is 35.5. The second-order valence-corrected chi connectivity index (χ2v) is 7.31. The molecule has 10 heteroatoms. The third-order valence-electron chi connectivity index (χ3n) is 4.25. The summed E-state index contributed by atoms with van der Waals surface area (Å²) in [7, 11) is -4.35. The highest BCUT2D eigenvalue weighted by molar-refractivity contribution is 6.50. The zero-order valence-corrected chi connectivity index (χ0v) is 18.1. The molecule has 1 aromatic heterocycles. The molecule has 0 radical (unpaired) electrons. The van der Waals surface area contributed by atoms with Gasteiger partial charge in [0.15, 0.2) is 0 Å². The van der Waals surface area contributed by atoms with Crippen molar-refractivity contribution < 1.29 is 31.4 Å². The summed E-state index contributed by atoms with van der Waals surface area (Å²) >= 11 is 12.2. The first-order valence-electron chi connectivity index (χ1n) is 9.24.